The summed E-state index contributed by atoms with van der Waals surface area (Å²) in [6.07, 6.45) is 2.70. The van der Waals surface area contributed by atoms with Crippen LogP contribution >= 0.6 is 0 Å². The molecular formula is C21H26N4O. The summed E-state index contributed by atoms with van der Waals surface area (Å²) in [5, 5.41) is 0. The van der Waals surface area contributed by atoms with E-state index in [1.54, 1.807) is 0 Å². The Morgan fingerprint density at radius 1 is 1.19 bits per heavy atom. The van der Waals surface area contributed by atoms with Gasteiger partial charge in [-0.05, 0) is 38.4 Å². The van der Waals surface area contributed by atoms with Crippen molar-refractivity contribution in [1.82, 2.24) is 14.9 Å². The number of likely N-dealkylation sites (tertiary alicyclic amines) is 1. The molecule has 2 aliphatic heterocycles. The summed E-state index contributed by atoms with van der Waals surface area (Å²) in [6.45, 7) is 8.09. The first kappa shape index (κ1) is 17.2. The first-order valence-corrected chi connectivity index (χ1v) is 9.59. The average Bonchev–Trinajstić information content (AvgIpc) is 3.22. The van der Waals surface area contributed by atoms with Crippen LogP contribution in [0.4, 0.5) is 5.82 Å². The van der Waals surface area contributed by atoms with Crippen molar-refractivity contribution >= 4 is 11.7 Å². The Morgan fingerprint density at radius 3 is 2.77 bits per heavy atom. The minimum absolute atomic E-state index is 0.123. The Kier molecular flexibility index (Phi) is 4.72. The molecule has 1 saturated heterocycles. The molecule has 0 radical (unpaired) electrons. The molecule has 0 saturated carbocycles. The number of amides is 1. The van der Waals surface area contributed by atoms with Crippen LogP contribution < -0.4 is 4.90 Å². The molecular weight excluding hydrogens is 324 g/mol. The van der Waals surface area contributed by atoms with E-state index in [0.717, 1.165) is 54.5 Å². The Balaban J connectivity index is 1.61. The minimum Gasteiger partial charge on any atom is -0.303 e. The third-order valence-corrected chi connectivity index (χ3v) is 5.45. The van der Waals surface area contributed by atoms with Crippen molar-refractivity contribution in [3.63, 3.8) is 0 Å². The largest absolute Gasteiger partial charge is 0.303 e. The molecule has 0 spiro atoms. The highest BCUT2D eigenvalue weighted by atomic mass is 16.2. The quantitative estimate of drug-likeness (QED) is 0.831. The van der Waals surface area contributed by atoms with Gasteiger partial charge in [0.25, 0.3) is 0 Å². The molecule has 5 nitrogen and oxygen atoms in total. The summed E-state index contributed by atoms with van der Waals surface area (Å²) >= 11 is 0. The van der Waals surface area contributed by atoms with Gasteiger partial charge in [-0.3, -0.25) is 9.69 Å². The smallest absolute Gasteiger partial charge is 0.233 e. The van der Waals surface area contributed by atoms with Gasteiger partial charge in [0.05, 0.1) is 13.0 Å². The predicted molar refractivity (Wildman–Crippen MR) is 102 cm³/mol. The van der Waals surface area contributed by atoms with Crippen molar-refractivity contribution in [1.29, 1.82) is 0 Å². The van der Waals surface area contributed by atoms with E-state index < -0.39 is 0 Å². The topological polar surface area (TPSA) is 49.3 Å². The Bertz CT molecular complexity index is 805. The second-order valence-electron chi connectivity index (χ2n) is 7.40. The van der Waals surface area contributed by atoms with Crippen LogP contribution in [0.2, 0.25) is 0 Å². The third kappa shape index (κ3) is 3.23. The zero-order valence-electron chi connectivity index (χ0n) is 15.6. The lowest BCUT2D eigenvalue weighted by molar-refractivity contribution is -0.117. The van der Waals surface area contributed by atoms with E-state index >= 15 is 0 Å². The summed E-state index contributed by atoms with van der Waals surface area (Å²) in [4.78, 5) is 26.6. The van der Waals surface area contributed by atoms with Crippen molar-refractivity contribution in [2.45, 2.75) is 45.6 Å². The number of hydrogen-bond donors (Lipinski definition) is 0. The minimum atomic E-state index is 0.123. The number of aryl methyl sites for hydroxylation is 1. The van der Waals surface area contributed by atoms with Gasteiger partial charge in [0.2, 0.25) is 5.91 Å². The fourth-order valence-corrected chi connectivity index (χ4v) is 4.07. The van der Waals surface area contributed by atoms with Crippen LogP contribution in [0.3, 0.4) is 0 Å². The summed E-state index contributed by atoms with van der Waals surface area (Å²) in [5.41, 5.74) is 3.09. The molecule has 3 heterocycles. The molecule has 5 heteroatoms. The first-order chi connectivity index (χ1) is 12.7. The summed E-state index contributed by atoms with van der Waals surface area (Å²) in [7, 11) is 0. The van der Waals surface area contributed by atoms with E-state index in [-0.39, 0.29) is 5.91 Å². The second-order valence-corrected chi connectivity index (χ2v) is 7.40. The van der Waals surface area contributed by atoms with Gasteiger partial charge < -0.3 is 4.90 Å². The molecule has 1 fully saturated rings. The van der Waals surface area contributed by atoms with Gasteiger partial charge in [-0.25, -0.2) is 9.97 Å². The number of fused-ring (bicyclic) bond motifs is 1. The van der Waals surface area contributed by atoms with Gasteiger partial charge in [-0.15, -0.1) is 0 Å². The highest BCUT2D eigenvalue weighted by Gasteiger charge is 2.33. The molecule has 1 aromatic heterocycles. The second kappa shape index (κ2) is 7.16. The van der Waals surface area contributed by atoms with Gasteiger partial charge >= 0.3 is 0 Å². The molecule has 0 bridgehead atoms. The molecule has 0 N–H and O–H groups in total. The SMILES string of the molecule is CCCN1CCC(c2nc(C)c3c(n2)N(Cc2ccccc2)C(=O)C3)C1. The summed E-state index contributed by atoms with van der Waals surface area (Å²) in [5.74, 6) is 2.24. The van der Waals surface area contributed by atoms with Gasteiger partial charge in [0.1, 0.15) is 11.6 Å². The molecule has 1 aromatic carbocycles. The Hall–Kier alpha value is -2.27. The van der Waals surface area contributed by atoms with Crippen LogP contribution in [0, 0.1) is 6.92 Å². The van der Waals surface area contributed by atoms with Crippen molar-refractivity contribution < 1.29 is 4.79 Å². The van der Waals surface area contributed by atoms with E-state index in [2.05, 4.69) is 24.0 Å². The van der Waals surface area contributed by atoms with Crippen molar-refractivity contribution in [3.8, 4) is 0 Å². The van der Waals surface area contributed by atoms with Crippen molar-refractivity contribution in [2.75, 3.05) is 24.5 Å². The molecule has 136 valence electrons. The monoisotopic (exact) mass is 350 g/mol. The summed E-state index contributed by atoms with van der Waals surface area (Å²) < 4.78 is 0. The normalized spacial score (nSPS) is 20.0. The number of benzene rings is 1. The first-order valence-electron chi connectivity index (χ1n) is 9.59. The fourth-order valence-electron chi connectivity index (χ4n) is 4.07. The molecule has 2 aliphatic rings. The van der Waals surface area contributed by atoms with Crippen molar-refractivity contribution in [3.05, 3.63) is 53.0 Å². The van der Waals surface area contributed by atoms with Crippen LogP contribution in [0.25, 0.3) is 0 Å². The maximum Gasteiger partial charge on any atom is 0.233 e. The molecule has 1 amide bonds. The third-order valence-electron chi connectivity index (χ3n) is 5.45. The highest BCUT2D eigenvalue weighted by Crippen LogP contribution is 2.33. The number of anilines is 1. The van der Waals surface area contributed by atoms with Crippen LogP contribution in [0.5, 0.6) is 0 Å². The standard InChI is InChI=1S/C21H26N4O/c1-3-10-24-11-9-17(14-24)20-22-15(2)18-12-19(26)25(21(18)23-20)13-16-7-5-4-6-8-16/h4-8,17H,3,9-14H2,1-2H3. The van der Waals surface area contributed by atoms with Crippen LogP contribution in [0.1, 0.15) is 48.3 Å². The average molecular weight is 350 g/mol. The maximum absolute atomic E-state index is 12.6. The molecule has 4 rings (SSSR count). The Morgan fingerprint density at radius 2 is 2.00 bits per heavy atom. The zero-order valence-corrected chi connectivity index (χ0v) is 15.6. The number of carbonyl (C=O) groups excluding carboxylic acids is 1. The highest BCUT2D eigenvalue weighted by molar-refractivity contribution is 6.00. The lowest BCUT2D eigenvalue weighted by atomic mass is 10.1. The number of carbonyl (C=O) groups is 1. The lowest BCUT2D eigenvalue weighted by Crippen LogP contribution is -2.27. The van der Waals surface area contributed by atoms with E-state index in [4.69, 9.17) is 9.97 Å². The number of nitrogens with zero attached hydrogens (tertiary/aromatic N) is 4. The predicted octanol–water partition coefficient (Wildman–Crippen LogP) is 3.07. The molecule has 0 aliphatic carbocycles. The lowest BCUT2D eigenvalue weighted by Gasteiger charge is -2.19. The Labute approximate surface area is 155 Å². The number of rotatable bonds is 5. The van der Waals surface area contributed by atoms with Gasteiger partial charge in [-0.1, -0.05) is 37.3 Å². The van der Waals surface area contributed by atoms with Crippen molar-refractivity contribution in [2.24, 2.45) is 0 Å². The van der Waals surface area contributed by atoms with Crippen LogP contribution in [0.15, 0.2) is 30.3 Å². The molecule has 1 atom stereocenters. The number of aromatic nitrogens is 2. The fraction of sp³-hybridized carbons (Fsp3) is 0.476. The van der Waals surface area contributed by atoms with Crippen LogP contribution in [-0.2, 0) is 17.8 Å². The molecule has 26 heavy (non-hydrogen) atoms. The van der Waals surface area contributed by atoms with Crippen LogP contribution in [-0.4, -0.2) is 40.4 Å². The zero-order chi connectivity index (χ0) is 18.1. The number of hydrogen-bond acceptors (Lipinski definition) is 4. The molecule has 1 unspecified atom stereocenters. The summed E-state index contributed by atoms with van der Waals surface area (Å²) in [6, 6.07) is 10.1. The van der Waals surface area contributed by atoms with E-state index in [0.29, 0.717) is 18.9 Å². The maximum atomic E-state index is 12.6. The van der Waals surface area contributed by atoms with Gasteiger partial charge in [0, 0.05) is 23.7 Å². The van der Waals surface area contributed by atoms with Gasteiger partial charge in [-0.2, -0.15) is 0 Å². The van der Waals surface area contributed by atoms with E-state index in [9.17, 15) is 4.79 Å². The van der Waals surface area contributed by atoms with E-state index in [1.807, 2.05) is 30.0 Å². The van der Waals surface area contributed by atoms with Gasteiger partial charge in [0.15, 0.2) is 0 Å². The molecule has 2 aromatic rings. The van der Waals surface area contributed by atoms with E-state index in [1.165, 1.54) is 6.42 Å².